The molecule has 20 heavy (non-hydrogen) atoms. The van der Waals surface area contributed by atoms with Crippen LogP contribution in [0.3, 0.4) is 0 Å². The number of carbonyl (C=O) groups excluding carboxylic acids is 1. The average molecular weight is 275 g/mol. The van der Waals surface area contributed by atoms with Gasteiger partial charge in [0.05, 0.1) is 24.2 Å². The van der Waals surface area contributed by atoms with Crippen LogP contribution in [0.5, 0.6) is 0 Å². The lowest BCUT2D eigenvalue weighted by Crippen LogP contribution is -2.24. The van der Waals surface area contributed by atoms with E-state index in [0.29, 0.717) is 26.2 Å². The van der Waals surface area contributed by atoms with Crippen LogP contribution in [-0.2, 0) is 16.1 Å². The second-order valence-electron chi connectivity index (χ2n) is 4.81. The molecule has 2 aromatic rings. The fourth-order valence-corrected chi connectivity index (χ4v) is 2.03. The second-order valence-corrected chi connectivity index (χ2v) is 4.81. The van der Waals surface area contributed by atoms with Crippen molar-refractivity contribution < 1.29 is 9.53 Å². The molecule has 0 spiro atoms. The topological polar surface area (TPSA) is 67.0 Å². The zero-order chi connectivity index (χ0) is 14.5. The highest BCUT2D eigenvalue weighted by atomic mass is 16.5. The third-order valence-electron chi connectivity index (χ3n) is 3.36. The minimum Gasteiger partial charge on any atom is -0.381 e. The van der Waals surface area contributed by atoms with Crippen molar-refractivity contribution >= 4 is 16.9 Å². The number of ether oxygens (including phenoxy) is 1. The SMILES string of the molecule is CCOCCC(=O)NCc1nc2c(C)c(C)ccc2[nH]1. The highest BCUT2D eigenvalue weighted by Crippen LogP contribution is 2.19. The number of benzene rings is 1. The standard InChI is InChI=1S/C15H21N3O2/c1-4-20-8-7-14(19)16-9-13-17-12-6-5-10(2)11(3)15(12)18-13/h5-6H,4,7-9H2,1-3H3,(H,16,19)(H,17,18). The van der Waals surface area contributed by atoms with Crippen LogP contribution in [0.15, 0.2) is 12.1 Å². The van der Waals surface area contributed by atoms with E-state index >= 15 is 0 Å². The first-order valence-electron chi connectivity index (χ1n) is 6.91. The van der Waals surface area contributed by atoms with Crippen molar-refractivity contribution in [2.45, 2.75) is 33.7 Å². The number of aryl methyl sites for hydroxylation is 2. The fourth-order valence-electron chi connectivity index (χ4n) is 2.03. The summed E-state index contributed by atoms with van der Waals surface area (Å²) >= 11 is 0. The molecule has 0 unspecified atom stereocenters. The summed E-state index contributed by atoms with van der Waals surface area (Å²) < 4.78 is 5.15. The number of aromatic nitrogens is 2. The van der Waals surface area contributed by atoms with Gasteiger partial charge in [-0.1, -0.05) is 6.07 Å². The summed E-state index contributed by atoms with van der Waals surface area (Å²) in [6.45, 7) is 7.55. The zero-order valence-electron chi connectivity index (χ0n) is 12.2. The van der Waals surface area contributed by atoms with Gasteiger partial charge in [-0.25, -0.2) is 4.98 Å². The molecule has 0 bridgehead atoms. The molecule has 0 aliphatic heterocycles. The van der Waals surface area contributed by atoms with Gasteiger partial charge in [-0.05, 0) is 38.0 Å². The van der Waals surface area contributed by atoms with Crippen LogP contribution in [0.4, 0.5) is 0 Å². The predicted molar refractivity (Wildman–Crippen MR) is 78.5 cm³/mol. The number of aromatic amines is 1. The first-order valence-corrected chi connectivity index (χ1v) is 6.91. The Morgan fingerprint density at radius 3 is 2.95 bits per heavy atom. The second kappa shape index (κ2) is 6.52. The molecule has 1 heterocycles. The number of fused-ring (bicyclic) bond motifs is 1. The van der Waals surface area contributed by atoms with Gasteiger partial charge in [-0.15, -0.1) is 0 Å². The Balaban J connectivity index is 1.97. The van der Waals surface area contributed by atoms with Gasteiger partial charge < -0.3 is 15.0 Å². The summed E-state index contributed by atoms with van der Waals surface area (Å²) in [5.41, 5.74) is 4.37. The summed E-state index contributed by atoms with van der Waals surface area (Å²) in [4.78, 5) is 19.4. The number of nitrogens with zero attached hydrogens (tertiary/aromatic N) is 1. The van der Waals surface area contributed by atoms with Crippen molar-refractivity contribution in [3.63, 3.8) is 0 Å². The first-order chi connectivity index (χ1) is 9.61. The molecule has 0 radical (unpaired) electrons. The van der Waals surface area contributed by atoms with Crippen LogP contribution < -0.4 is 5.32 Å². The molecule has 0 aliphatic carbocycles. The third kappa shape index (κ3) is 3.36. The Morgan fingerprint density at radius 1 is 1.40 bits per heavy atom. The van der Waals surface area contributed by atoms with E-state index in [0.717, 1.165) is 16.9 Å². The highest BCUT2D eigenvalue weighted by molar-refractivity contribution is 5.80. The summed E-state index contributed by atoms with van der Waals surface area (Å²) in [6.07, 6.45) is 0.381. The van der Waals surface area contributed by atoms with Crippen LogP contribution in [-0.4, -0.2) is 29.1 Å². The van der Waals surface area contributed by atoms with Gasteiger partial charge in [0.25, 0.3) is 0 Å². The van der Waals surface area contributed by atoms with Crippen molar-refractivity contribution in [3.05, 3.63) is 29.1 Å². The van der Waals surface area contributed by atoms with Gasteiger partial charge in [-0.2, -0.15) is 0 Å². The molecule has 108 valence electrons. The molecule has 0 aliphatic rings. The predicted octanol–water partition coefficient (Wildman–Crippen LogP) is 2.22. The number of imidazole rings is 1. The number of amides is 1. The number of hydrogen-bond acceptors (Lipinski definition) is 3. The Labute approximate surface area is 118 Å². The maximum absolute atomic E-state index is 11.6. The third-order valence-corrected chi connectivity index (χ3v) is 3.36. The molecule has 5 nitrogen and oxygen atoms in total. The Morgan fingerprint density at radius 2 is 2.20 bits per heavy atom. The maximum atomic E-state index is 11.6. The van der Waals surface area contributed by atoms with Crippen LogP contribution in [0.25, 0.3) is 11.0 Å². The molecular formula is C15H21N3O2. The quantitative estimate of drug-likeness (QED) is 0.794. The van der Waals surface area contributed by atoms with Gasteiger partial charge >= 0.3 is 0 Å². The highest BCUT2D eigenvalue weighted by Gasteiger charge is 2.08. The summed E-state index contributed by atoms with van der Waals surface area (Å²) in [7, 11) is 0. The van der Waals surface area contributed by atoms with Crippen molar-refractivity contribution in [1.29, 1.82) is 0 Å². The minimum atomic E-state index is -0.0215. The van der Waals surface area contributed by atoms with Crippen LogP contribution in [0.2, 0.25) is 0 Å². The van der Waals surface area contributed by atoms with E-state index in [1.165, 1.54) is 11.1 Å². The molecule has 0 atom stereocenters. The number of H-pyrrole nitrogens is 1. The average Bonchev–Trinajstić information content (AvgIpc) is 2.85. The van der Waals surface area contributed by atoms with E-state index < -0.39 is 0 Å². The number of rotatable bonds is 6. The van der Waals surface area contributed by atoms with E-state index in [4.69, 9.17) is 4.74 Å². The van der Waals surface area contributed by atoms with Crippen molar-refractivity contribution in [3.8, 4) is 0 Å². The van der Waals surface area contributed by atoms with Gasteiger partial charge in [-0.3, -0.25) is 4.79 Å². The molecule has 0 fully saturated rings. The van der Waals surface area contributed by atoms with E-state index in [-0.39, 0.29) is 5.91 Å². The van der Waals surface area contributed by atoms with Crippen molar-refractivity contribution in [2.24, 2.45) is 0 Å². The van der Waals surface area contributed by atoms with Crippen LogP contribution in [0.1, 0.15) is 30.3 Å². The summed E-state index contributed by atoms with van der Waals surface area (Å²) in [5.74, 6) is 0.755. The van der Waals surface area contributed by atoms with Crippen LogP contribution >= 0.6 is 0 Å². The maximum Gasteiger partial charge on any atom is 0.222 e. The number of hydrogen-bond donors (Lipinski definition) is 2. The Kier molecular flexibility index (Phi) is 4.74. The Bertz CT molecular complexity index is 604. The van der Waals surface area contributed by atoms with Gasteiger partial charge in [0.2, 0.25) is 5.91 Å². The molecule has 0 saturated heterocycles. The molecule has 1 amide bonds. The zero-order valence-corrected chi connectivity index (χ0v) is 12.2. The van der Waals surface area contributed by atoms with E-state index in [1.54, 1.807) is 0 Å². The monoisotopic (exact) mass is 275 g/mol. The largest absolute Gasteiger partial charge is 0.381 e. The lowest BCUT2D eigenvalue weighted by molar-refractivity contribution is -0.122. The molecule has 1 aromatic heterocycles. The van der Waals surface area contributed by atoms with Crippen LogP contribution in [0, 0.1) is 13.8 Å². The molecule has 1 aromatic carbocycles. The van der Waals surface area contributed by atoms with Gasteiger partial charge in [0.15, 0.2) is 0 Å². The molecule has 0 saturated carbocycles. The molecule has 2 rings (SSSR count). The number of nitrogens with one attached hydrogen (secondary N) is 2. The molecule has 2 N–H and O–H groups in total. The Hall–Kier alpha value is -1.88. The molecular weight excluding hydrogens is 254 g/mol. The lowest BCUT2D eigenvalue weighted by Gasteiger charge is -2.03. The number of carbonyl (C=O) groups is 1. The summed E-state index contributed by atoms with van der Waals surface area (Å²) in [5, 5.41) is 2.84. The summed E-state index contributed by atoms with van der Waals surface area (Å²) in [6, 6.07) is 4.09. The van der Waals surface area contributed by atoms with E-state index in [1.807, 2.05) is 13.0 Å². The first kappa shape index (κ1) is 14.5. The van der Waals surface area contributed by atoms with Gasteiger partial charge in [0, 0.05) is 13.0 Å². The van der Waals surface area contributed by atoms with Gasteiger partial charge in [0.1, 0.15) is 5.82 Å². The molecule has 5 heteroatoms. The minimum absolute atomic E-state index is 0.0215. The normalized spacial score (nSPS) is 10.9. The lowest BCUT2D eigenvalue weighted by atomic mass is 10.1. The smallest absolute Gasteiger partial charge is 0.222 e. The van der Waals surface area contributed by atoms with Crippen molar-refractivity contribution in [2.75, 3.05) is 13.2 Å². The van der Waals surface area contributed by atoms with Crippen molar-refractivity contribution in [1.82, 2.24) is 15.3 Å². The fraction of sp³-hybridized carbons (Fsp3) is 0.467. The van der Waals surface area contributed by atoms with E-state index in [2.05, 4.69) is 35.2 Å². The van der Waals surface area contributed by atoms with E-state index in [9.17, 15) is 4.79 Å².